The number of ketones is 1. The molecule has 0 unspecified atom stereocenters. The molecular formula is C34H19ClN8Na4O12S4. The van der Waals surface area contributed by atoms with Crippen LogP contribution in [-0.4, -0.2) is 76.3 Å². The summed E-state index contributed by atoms with van der Waals surface area (Å²) in [5, 5.41) is 20.7. The van der Waals surface area contributed by atoms with Gasteiger partial charge < -0.3 is 34.2 Å². The van der Waals surface area contributed by atoms with E-state index in [0.29, 0.717) is 33.9 Å². The number of carbonyl (C=O) groups is 2. The van der Waals surface area contributed by atoms with E-state index in [-0.39, 0.29) is 145 Å². The van der Waals surface area contributed by atoms with Gasteiger partial charge in [-0.25, -0.2) is 30.2 Å². The number of allylic oxidation sites excluding steroid dienone is 1. The van der Waals surface area contributed by atoms with Crippen molar-refractivity contribution in [2.24, 2.45) is 5.10 Å². The Morgan fingerprint density at radius 2 is 1.40 bits per heavy atom. The zero-order valence-corrected chi connectivity index (χ0v) is 45.2. The Labute approximate surface area is 455 Å². The quantitative estimate of drug-likeness (QED) is 0.0617. The summed E-state index contributed by atoms with van der Waals surface area (Å²) in [6.45, 7) is 1.51. The van der Waals surface area contributed by atoms with Crippen LogP contribution in [0, 0.1) is 6.92 Å². The van der Waals surface area contributed by atoms with Crippen LogP contribution in [0.2, 0.25) is 5.28 Å². The van der Waals surface area contributed by atoms with Gasteiger partial charge in [0.05, 0.1) is 47.8 Å². The monoisotopic (exact) mass is 986 g/mol. The summed E-state index contributed by atoms with van der Waals surface area (Å²) in [5.74, 6) is -3.58. The molecule has 1 aliphatic carbocycles. The van der Waals surface area contributed by atoms with Gasteiger partial charge in [0.25, 0.3) is 0 Å². The van der Waals surface area contributed by atoms with Gasteiger partial charge in [0.2, 0.25) is 23.0 Å². The smallest absolute Gasteiger partial charge is 0.744 e. The maximum absolute atomic E-state index is 14.0. The molecule has 6 aromatic rings. The molecule has 29 heteroatoms. The van der Waals surface area contributed by atoms with Crippen molar-refractivity contribution in [2.75, 3.05) is 16.1 Å². The number of nitrogens with one attached hydrogen (secondary N) is 3. The molecule has 3 N–H and O–H groups in total. The van der Waals surface area contributed by atoms with Crippen molar-refractivity contribution in [1.29, 1.82) is 0 Å². The van der Waals surface area contributed by atoms with E-state index in [1.807, 2.05) is 0 Å². The van der Waals surface area contributed by atoms with Crippen LogP contribution in [-0.2, 0) is 30.4 Å². The Morgan fingerprint density at radius 3 is 2.00 bits per heavy atom. The topological polar surface area (TPSA) is 329 Å². The van der Waals surface area contributed by atoms with Crippen molar-refractivity contribution >= 4 is 116 Å². The van der Waals surface area contributed by atoms with Crippen molar-refractivity contribution in [1.82, 2.24) is 19.9 Å². The van der Waals surface area contributed by atoms with Crippen LogP contribution in [0.15, 0.2) is 92.6 Å². The Morgan fingerprint density at radius 1 is 0.762 bits per heavy atom. The van der Waals surface area contributed by atoms with Gasteiger partial charge >= 0.3 is 118 Å². The second kappa shape index (κ2) is 21.6. The number of carbonyl (C=O) groups excluding carboxylic acids is 2. The molecule has 0 amide bonds. The van der Waals surface area contributed by atoms with E-state index in [1.165, 1.54) is 31.2 Å². The number of carboxylic acids is 1. The summed E-state index contributed by atoms with van der Waals surface area (Å²) in [4.78, 5) is 39.6. The molecule has 0 atom stereocenters. The van der Waals surface area contributed by atoms with Crippen molar-refractivity contribution in [3.8, 4) is 10.6 Å². The zero-order chi connectivity index (χ0) is 42.6. The number of anilines is 5. The predicted molar refractivity (Wildman–Crippen MR) is 207 cm³/mol. The molecule has 20 nitrogen and oxygen atoms in total. The molecule has 0 radical (unpaired) electrons. The third kappa shape index (κ3) is 12.4. The standard InChI is InChI=1S/C34H23ClN8O12S4.4Na/c1-15-6-11-22-28(29(15)59(53,54)55)56-30(37-22)16-7-9-18(10-8-16)36-33-39-32(35)40-34(41-33)38-23-14-19(57(47,48)49)12-17-13-24(58(50,51)52)26(27(44)25(17)23)43-42-21-5-3-2-4-20(21)31(45)46;;;;/h2-14,42H,1H3,(H,45,46)(H,47,48,49)(H,50,51,52)(H,53,54,55)(H2,36,38,39,40,41);;;;/q;4*+1/p-4. The van der Waals surface area contributed by atoms with Gasteiger partial charge in [-0.05, 0) is 84.3 Å². The Balaban J connectivity index is 0.00000264. The number of carboxylic acid groups (broad SMARTS) is 1. The van der Waals surface area contributed by atoms with Crippen LogP contribution in [0.4, 0.5) is 29.0 Å². The average molecular weight is 987 g/mol. The molecule has 63 heavy (non-hydrogen) atoms. The first-order valence-electron chi connectivity index (χ1n) is 16.1. The van der Waals surface area contributed by atoms with Gasteiger partial charge in [-0.2, -0.15) is 20.1 Å². The van der Waals surface area contributed by atoms with Crippen LogP contribution in [0.5, 0.6) is 0 Å². The van der Waals surface area contributed by atoms with E-state index in [1.54, 1.807) is 30.3 Å². The van der Waals surface area contributed by atoms with Gasteiger partial charge in [0, 0.05) is 16.8 Å². The first kappa shape index (κ1) is 55.1. The zero-order valence-electron chi connectivity index (χ0n) is 33.2. The molecule has 0 saturated carbocycles. The van der Waals surface area contributed by atoms with E-state index < -0.39 is 91.2 Å². The van der Waals surface area contributed by atoms with Gasteiger partial charge in [0.15, 0.2) is 0 Å². The van der Waals surface area contributed by atoms with Crippen LogP contribution in [0.1, 0.15) is 31.8 Å². The maximum Gasteiger partial charge on any atom is 1.00 e. The number of halogens is 1. The van der Waals surface area contributed by atoms with Gasteiger partial charge in [-0.3, -0.25) is 10.2 Å². The fourth-order valence-corrected chi connectivity index (χ4v) is 9.39. The number of rotatable bonds is 11. The van der Waals surface area contributed by atoms with Crippen LogP contribution >= 0.6 is 22.9 Å². The number of hydrogen-bond acceptors (Lipinski definition) is 21. The Bertz CT molecular complexity index is 3210. The number of aryl methyl sites for hydroxylation is 1. The van der Waals surface area contributed by atoms with E-state index in [2.05, 4.69) is 41.1 Å². The van der Waals surface area contributed by atoms with Crippen LogP contribution < -0.4 is 139 Å². The SMILES string of the molecule is Cc1ccc2nc(-c3ccc(Nc4nc(Cl)nc(Nc5cc(S(=O)(=O)[O-])cc6c5C(=O)C(=NNc5ccccc5C(=O)[O-])C(S(=O)(=O)[O-])=C6)n4)cc3)sc2c1S(=O)(=O)[O-].[Na+].[Na+].[Na+].[Na+]. The molecule has 0 saturated heterocycles. The number of aromatic carboxylic acids is 1. The van der Waals surface area contributed by atoms with E-state index in [9.17, 15) is 53.6 Å². The summed E-state index contributed by atoms with van der Waals surface area (Å²) in [6.07, 6.45) is 0.612. The summed E-state index contributed by atoms with van der Waals surface area (Å²) in [7, 11) is -15.6. The van der Waals surface area contributed by atoms with Crippen LogP contribution in [0.25, 0.3) is 26.9 Å². The second-order valence-corrected chi connectivity index (χ2v) is 17.6. The molecule has 302 valence electrons. The molecule has 7 rings (SSSR count). The molecule has 0 bridgehead atoms. The number of Topliss-reactive ketones (excluding diaryl/α,β-unsaturated/α-hetero) is 1. The van der Waals surface area contributed by atoms with Gasteiger partial charge in [-0.15, -0.1) is 11.3 Å². The molecule has 2 aromatic heterocycles. The van der Waals surface area contributed by atoms with Crippen molar-refractivity contribution in [3.05, 3.63) is 105 Å². The number of thiazole rings is 1. The fraction of sp³-hybridized carbons (Fsp3) is 0.0294. The first-order valence-corrected chi connectivity index (χ1v) is 21.5. The minimum absolute atomic E-state index is 0. The predicted octanol–water partition coefficient (Wildman–Crippen LogP) is -8.66. The number of para-hydroxylation sites is 1. The average Bonchev–Trinajstić information content (AvgIpc) is 3.57. The number of nitrogens with zero attached hydrogens (tertiary/aromatic N) is 5. The summed E-state index contributed by atoms with van der Waals surface area (Å²) >= 11 is 7.19. The molecule has 1 aliphatic rings. The number of benzene rings is 4. The van der Waals surface area contributed by atoms with E-state index >= 15 is 0 Å². The number of fused-ring (bicyclic) bond motifs is 2. The molecule has 4 aromatic carbocycles. The maximum atomic E-state index is 14.0. The second-order valence-electron chi connectivity index (χ2n) is 12.2. The molecule has 2 heterocycles. The van der Waals surface area contributed by atoms with Crippen LogP contribution in [0.3, 0.4) is 0 Å². The number of hydrazone groups is 1. The first-order chi connectivity index (χ1) is 27.7. The number of aromatic nitrogens is 4. The minimum Gasteiger partial charge on any atom is -0.744 e. The largest absolute Gasteiger partial charge is 1.00 e. The van der Waals surface area contributed by atoms with Gasteiger partial charge in [0.1, 0.15) is 41.1 Å². The minimum atomic E-state index is -5.53. The summed E-state index contributed by atoms with van der Waals surface area (Å²) < 4.78 is 110. The Hall–Kier alpha value is -2.25. The third-order valence-corrected chi connectivity index (χ3v) is 12.4. The fourth-order valence-electron chi connectivity index (χ4n) is 5.77. The summed E-state index contributed by atoms with van der Waals surface area (Å²) in [6, 6.07) is 16.0. The Kier molecular flexibility index (Phi) is 18.9. The van der Waals surface area contributed by atoms with Gasteiger partial charge in [-0.1, -0.05) is 24.3 Å². The van der Waals surface area contributed by atoms with Crippen molar-refractivity contribution < 1.29 is 172 Å². The number of hydrogen-bond donors (Lipinski definition) is 3. The molecule has 0 spiro atoms. The molecule has 0 fully saturated rings. The van der Waals surface area contributed by atoms with E-state index in [0.717, 1.165) is 23.5 Å². The summed E-state index contributed by atoms with van der Waals surface area (Å²) in [5.41, 5.74) is 0.559. The third-order valence-electron chi connectivity index (χ3n) is 8.30. The molecule has 0 aliphatic heterocycles. The van der Waals surface area contributed by atoms with Crippen molar-refractivity contribution in [3.63, 3.8) is 0 Å². The van der Waals surface area contributed by atoms with E-state index in [4.69, 9.17) is 11.6 Å². The molecular weight excluding hydrogens is 968 g/mol. The van der Waals surface area contributed by atoms with Crippen molar-refractivity contribution in [2.45, 2.75) is 16.7 Å². The normalized spacial score (nSPS) is 13.0.